The van der Waals surface area contributed by atoms with Crippen LogP contribution in [0.1, 0.15) is 11.1 Å². The van der Waals surface area contributed by atoms with Gasteiger partial charge in [-0.05, 0) is 53.2 Å². The molecule has 9 heteroatoms. The molecule has 0 spiro atoms. The Labute approximate surface area is 176 Å². The van der Waals surface area contributed by atoms with Gasteiger partial charge in [-0.3, -0.25) is 9.59 Å². The van der Waals surface area contributed by atoms with Crippen LogP contribution in [0.15, 0.2) is 59.5 Å². The summed E-state index contributed by atoms with van der Waals surface area (Å²) in [5.74, 6) is -0.307. The number of hydrogen-bond acceptors (Lipinski definition) is 4. The van der Waals surface area contributed by atoms with E-state index in [1.165, 1.54) is 30.3 Å². The average Bonchev–Trinajstić information content (AvgIpc) is 2.71. The van der Waals surface area contributed by atoms with E-state index in [-0.39, 0.29) is 28.5 Å². The van der Waals surface area contributed by atoms with E-state index in [1.807, 2.05) is 29.2 Å². The number of piperazine rings is 1. The number of carbonyl (C=O) groups excluding carboxylic acids is 2. The minimum atomic E-state index is -4.32. The Kier molecular flexibility index (Phi) is 7.04. The van der Waals surface area contributed by atoms with Crippen molar-refractivity contribution in [1.29, 1.82) is 0 Å². The van der Waals surface area contributed by atoms with E-state index in [9.17, 15) is 22.8 Å². The molecule has 1 heterocycles. The summed E-state index contributed by atoms with van der Waals surface area (Å²) in [6.45, 7) is 2.04. The molecule has 1 aliphatic heterocycles. The fraction of sp³-hybridized carbons (Fsp3) is 0.238. The molecule has 0 radical (unpaired) electrons. The van der Waals surface area contributed by atoms with E-state index in [4.69, 9.17) is 0 Å². The molecule has 5 nitrogen and oxygen atoms in total. The largest absolute Gasteiger partial charge is 0.446 e. The van der Waals surface area contributed by atoms with Gasteiger partial charge < -0.3 is 15.5 Å². The average molecular weight is 435 g/mol. The molecular formula is C21H20F3N3O2S. The highest BCUT2D eigenvalue weighted by Crippen LogP contribution is 2.36. The summed E-state index contributed by atoms with van der Waals surface area (Å²) < 4.78 is 37.0. The first-order valence-electron chi connectivity index (χ1n) is 9.21. The highest BCUT2D eigenvalue weighted by Gasteiger charge is 2.28. The van der Waals surface area contributed by atoms with Gasteiger partial charge in [-0.2, -0.15) is 13.2 Å². The minimum Gasteiger partial charge on any atom is -0.360 e. The van der Waals surface area contributed by atoms with Gasteiger partial charge in [0.15, 0.2) is 0 Å². The number of rotatable bonds is 6. The number of hydrogen-bond donors (Lipinski definition) is 2. The van der Waals surface area contributed by atoms with Gasteiger partial charge in [-0.15, -0.1) is 0 Å². The molecule has 0 saturated carbocycles. The molecule has 1 saturated heterocycles. The van der Waals surface area contributed by atoms with Crippen LogP contribution < -0.4 is 15.5 Å². The van der Waals surface area contributed by atoms with E-state index in [0.717, 1.165) is 17.8 Å². The lowest BCUT2D eigenvalue weighted by Gasteiger charge is -2.28. The molecule has 2 amide bonds. The van der Waals surface area contributed by atoms with Crippen molar-refractivity contribution in [2.24, 2.45) is 0 Å². The Bertz CT molecular complexity index is 913. The summed E-state index contributed by atoms with van der Waals surface area (Å²) in [6.07, 6.45) is 2.88. The van der Waals surface area contributed by atoms with Gasteiger partial charge in [-0.25, -0.2) is 0 Å². The lowest BCUT2D eigenvalue weighted by Crippen LogP contribution is -2.47. The van der Waals surface area contributed by atoms with Crippen molar-refractivity contribution in [2.45, 2.75) is 16.9 Å². The molecule has 1 aliphatic rings. The van der Waals surface area contributed by atoms with Crippen LogP contribution >= 0.6 is 11.8 Å². The highest BCUT2D eigenvalue weighted by molar-refractivity contribution is 8.00. The monoisotopic (exact) mass is 435 g/mol. The lowest BCUT2D eigenvalue weighted by atomic mass is 10.1. The highest BCUT2D eigenvalue weighted by atomic mass is 32.2. The van der Waals surface area contributed by atoms with Crippen molar-refractivity contribution >= 4 is 35.3 Å². The molecular weight excluding hydrogens is 415 g/mol. The van der Waals surface area contributed by atoms with Gasteiger partial charge in [-0.1, -0.05) is 24.3 Å². The second-order valence-corrected chi connectivity index (χ2v) is 7.74. The van der Waals surface area contributed by atoms with Gasteiger partial charge in [0.25, 0.3) is 0 Å². The van der Waals surface area contributed by atoms with Gasteiger partial charge in [0.1, 0.15) is 0 Å². The van der Waals surface area contributed by atoms with Gasteiger partial charge >= 0.3 is 5.51 Å². The summed E-state index contributed by atoms with van der Waals surface area (Å²) in [5, 5.41) is 5.54. The van der Waals surface area contributed by atoms with Crippen molar-refractivity contribution in [3.63, 3.8) is 0 Å². The molecule has 0 bridgehead atoms. The van der Waals surface area contributed by atoms with E-state index < -0.39 is 5.51 Å². The van der Waals surface area contributed by atoms with Crippen molar-refractivity contribution in [3.8, 4) is 0 Å². The third-order valence-electron chi connectivity index (χ3n) is 4.35. The Balaban J connectivity index is 1.47. The Hall–Kier alpha value is -2.94. The first-order chi connectivity index (χ1) is 14.3. The third kappa shape index (κ3) is 6.84. The van der Waals surface area contributed by atoms with Crippen molar-refractivity contribution < 1.29 is 22.8 Å². The molecule has 158 valence electrons. The third-order valence-corrected chi connectivity index (χ3v) is 5.09. The maximum atomic E-state index is 12.3. The van der Waals surface area contributed by atoms with E-state index in [2.05, 4.69) is 10.6 Å². The molecule has 2 aromatic rings. The summed E-state index contributed by atoms with van der Waals surface area (Å²) in [5.41, 5.74) is -1.83. The molecule has 0 aromatic heterocycles. The zero-order chi connectivity index (χ0) is 21.6. The maximum absolute atomic E-state index is 12.3. The summed E-state index contributed by atoms with van der Waals surface area (Å²) >= 11 is -0.177. The van der Waals surface area contributed by atoms with Crippen LogP contribution in [-0.2, 0) is 16.1 Å². The molecule has 2 aromatic carbocycles. The molecule has 0 aliphatic carbocycles. The quantitative estimate of drug-likeness (QED) is 0.538. The number of nitrogens with one attached hydrogen (secondary N) is 2. The van der Waals surface area contributed by atoms with E-state index in [1.54, 1.807) is 6.08 Å². The normalized spacial score (nSPS) is 14.6. The molecule has 0 atom stereocenters. The fourth-order valence-corrected chi connectivity index (χ4v) is 3.42. The second-order valence-electron chi connectivity index (χ2n) is 6.61. The van der Waals surface area contributed by atoms with Crippen LogP contribution in [0.3, 0.4) is 0 Å². The standard InChI is InChI=1S/C21H20F3N3O2S/c22-21(23,24)30-18-8-3-15(4-9-18)5-10-19(28)26-13-16-1-6-17(7-2-16)27-12-11-25-20(29)14-27/h1-10H,11-14H2,(H,25,29)(H,26,28)/b10-5+. The Morgan fingerprint density at radius 3 is 2.47 bits per heavy atom. The lowest BCUT2D eigenvalue weighted by molar-refractivity contribution is -0.120. The fourth-order valence-electron chi connectivity index (χ4n) is 2.88. The number of nitrogens with zero attached hydrogens (tertiary/aromatic N) is 1. The minimum absolute atomic E-state index is 0.00174. The van der Waals surface area contributed by atoms with Crippen molar-refractivity contribution in [3.05, 3.63) is 65.7 Å². The zero-order valence-corrected chi connectivity index (χ0v) is 16.7. The number of alkyl halides is 3. The first-order valence-corrected chi connectivity index (χ1v) is 10.0. The number of anilines is 1. The predicted octanol–water partition coefficient (Wildman–Crippen LogP) is 3.56. The van der Waals surface area contributed by atoms with Gasteiger partial charge in [0, 0.05) is 36.3 Å². The van der Waals surface area contributed by atoms with Gasteiger partial charge in [0.05, 0.1) is 6.54 Å². The number of amides is 2. The zero-order valence-electron chi connectivity index (χ0n) is 15.9. The number of benzene rings is 2. The molecule has 1 fully saturated rings. The number of halogens is 3. The second kappa shape index (κ2) is 9.71. The Morgan fingerprint density at radius 1 is 1.13 bits per heavy atom. The van der Waals surface area contributed by atoms with Crippen LogP contribution in [0, 0.1) is 0 Å². The smallest absolute Gasteiger partial charge is 0.360 e. The van der Waals surface area contributed by atoms with Crippen LogP contribution in [0.2, 0.25) is 0 Å². The van der Waals surface area contributed by atoms with Crippen molar-refractivity contribution in [2.75, 3.05) is 24.5 Å². The number of thioether (sulfide) groups is 1. The van der Waals surface area contributed by atoms with Crippen LogP contribution in [0.5, 0.6) is 0 Å². The topological polar surface area (TPSA) is 61.4 Å². The van der Waals surface area contributed by atoms with Crippen LogP contribution in [0.4, 0.5) is 18.9 Å². The van der Waals surface area contributed by atoms with E-state index in [0.29, 0.717) is 25.2 Å². The molecule has 0 unspecified atom stereocenters. The summed E-state index contributed by atoms with van der Waals surface area (Å²) in [6, 6.07) is 13.4. The maximum Gasteiger partial charge on any atom is 0.446 e. The molecule has 2 N–H and O–H groups in total. The predicted molar refractivity (Wildman–Crippen MR) is 111 cm³/mol. The van der Waals surface area contributed by atoms with Gasteiger partial charge in [0.2, 0.25) is 11.8 Å². The molecule has 3 rings (SSSR count). The SMILES string of the molecule is O=C(/C=C/c1ccc(SC(F)(F)F)cc1)NCc1ccc(N2CCNC(=O)C2)cc1. The summed E-state index contributed by atoms with van der Waals surface area (Å²) in [7, 11) is 0. The van der Waals surface area contributed by atoms with E-state index >= 15 is 0 Å². The van der Waals surface area contributed by atoms with Crippen molar-refractivity contribution in [1.82, 2.24) is 10.6 Å². The Morgan fingerprint density at radius 2 is 1.83 bits per heavy atom. The first kappa shape index (κ1) is 21.8. The summed E-state index contributed by atoms with van der Waals surface area (Å²) in [4.78, 5) is 25.5. The van der Waals surface area contributed by atoms with Crippen LogP contribution in [0.25, 0.3) is 6.08 Å². The van der Waals surface area contributed by atoms with Crippen LogP contribution in [-0.4, -0.2) is 37.0 Å². The molecule has 30 heavy (non-hydrogen) atoms. The number of carbonyl (C=O) groups is 2.